The first-order valence-electron chi connectivity index (χ1n) is 11.9. The van der Waals surface area contributed by atoms with Crippen molar-refractivity contribution in [3.8, 4) is 0 Å². The van der Waals surface area contributed by atoms with Gasteiger partial charge in [0.05, 0.1) is 0 Å². The van der Waals surface area contributed by atoms with Crippen LogP contribution in [0.15, 0.2) is 18.2 Å². The smallest absolute Gasteiger partial charge is 0.126 e. The lowest BCUT2D eigenvalue weighted by Gasteiger charge is -2.45. The normalized spacial score (nSPS) is 37.0. The van der Waals surface area contributed by atoms with Gasteiger partial charge in [-0.1, -0.05) is 44.7 Å². The number of hydrogen-bond donors (Lipinski definition) is 0. The van der Waals surface area contributed by atoms with Gasteiger partial charge < -0.3 is 0 Å². The fraction of sp³-hybridized carbons (Fsp3) is 0.769. The average Bonchev–Trinajstić information content (AvgIpc) is 2.70. The Morgan fingerprint density at radius 2 is 1.44 bits per heavy atom. The van der Waals surface area contributed by atoms with Crippen molar-refractivity contribution in [2.24, 2.45) is 29.6 Å². The van der Waals surface area contributed by atoms with Crippen LogP contribution in [0.5, 0.6) is 0 Å². The Kier molecular flexibility index (Phi) is 6.25. The zero-order chi connectivity index (χ0) is 18.8. The number of benzene rings is 1. The third kappa shape index (κ3) is 4.43. The molecule has 1 aromatic rings. The second-order valence-corrected chi connectivity index (χ2v) is 10.2. The van der Waals surface area contributed by atoms with E-state index in [1.54, 1.807) is 0 Å². The minimum absolute atomic E-state index is 0.0167. The Balaban J connectivity index is 1.31. The van der Waals surface area contributed by atoms with E-state index in [1.165, 1.54) is 82.6 Å². The molecule has 27 heavy (non-hydrogen) atoms. The quantitative estimate of drug-likeness (QED) is 0.503. The third-order valence-electron chi connectivity index (χ3n) is 8.58. The molecule has 4 atom stereocenters. The maximum atomic E-state index is 14.0. The molecule has 1 aromatic carbocycles. The lowest BCUT2D eigenvalue weighted by atomic mass is 9.60. The Labute approximate surface area is 166 Å². The van der Waals surface area contributed by atoms with Crippen molar-refractivity contribution in [3.05, 3.63) is 35.1 Å². The molecular weight excluding hydrogens is 331 g/mol. The molecule has 0 heterocycles. The predicted molar refractivity (Wildman–Crippen MR) is 112 cm³/mol. The molecule has 4 unspecified atom stereocenters. The first kappa shape index (κ1) is 19.5. The van der Waals surface area contributed by atoms with Gasteiger partial charge in [-0.05, 0) is 111 Å². The largest absolute Gasteiger partial charge is 0.207 e. The van der Waals surface area contributed by atoms with Crippen LogP contribution in [0.4, 0.5) is 4.39 Å². The maximum absolute atomic E-state index is 14.0. The number of rotatable bonds is 4. The van der Waals surface area contributed by atoms with Crippen LogP contribution in [-0.4, -0.2) is 0 Å². The van der Waals surface area contributed by atoms with E-state index in [1.807, 2.05) is 19.1 Å². The van der Waals surface area contributed by atoms with E-state index in [0.29, 0.717) is 5.92 Å². The van der Waals surface area contributed by atoms with Gasteiger partial charge in [-0.15, -0.1) is 0 Å². The molecule has 0 nitrogen and oxygen atoms in total. The van der Waals surface area contributed by atoms with Gasteiger partial charge in [-0.25, -0.2) is 4.39 Å². The topological polar surface area (TPSA) is 0 Å². The molecule has 3 fully saturated rings. The van der Waals surface area contributed by atoms with Crippen LogP contribution >= 0.6 is 0 Å². The Morgan fingerprint density at radius 1 is 0.815 bits per heavy atom. The predicted octanol–water partition coefficient (Wildman–Crippen LogP) is 8.04. The first-order chi connectivity index (χ1) is 13.1. The molecule has 0 aromatic heterocycles. The SMILES string of the molecule is CCCC1CCC(C2CCC3CC(c4ccc(C)c(F)c4)CCC3C2)CC1. The summed E-state index contributed by atoms with van der Waals surface area (Å²) >= 11 is 0. The lowest BCUT2D eigenvalue weighted by Crippen LogP contribution is -2.34. The van der Waals surface area contributed by atoms with Gasteiger partial charge in [-0.2, -0.15) is 0 Å². The zero-order valence-electron chi connectivity index (χ0n) is 17.6. The molecule has 0 N–H and O–H groups in total. The van der Waals surface area contributed by atoms with Crippen LogP contribution in [0, 0.1) is 42.3 Å². The van der Waals surface area contributed by atoms with Crippen LogP contribution in [0.3, 0.4) is 0 Å². The van der Waals surface area contributed by atoms with Crippen molar-refractivity contribution in [3.63, 3.8) is 0 Å². The number of halogens is 1. The standard InChI is InChI=1S/C26H39F/c1-3-4-19-6-9-20(10-7-19)21-11-12-23-16-24(14-13-22(23)15-21)25-8-5-18(2)26(27)17-25/h5,8,17,19-24H,3-4,6-7,9-16H2,1-2H3. The van der Waals surface area contributed by atoms with Gasteiger partial charge in [-0.3, -0.25) is 0 Å². The van der Waals surface area contributed by atoms with Gasteiger partial charge in [0.15, 0.2) is 0 Å². The van der Waals surface area contributed by atoms with Crippen LogP contribution in [0.1, 0.15) is 101 Å². The molecule has 0 spiro atoms. The zero-order valence-corrected chi connectivity index (χ0v) is 17.6. The molecule has 3 aliphatic rings. The maximum Gasteiger partial charge on any atom is 0.126 e. The second-order valence-electron chi connectivity index (χ2n) is 10.2. The van der Waals surface area contributed by atoms with Gasteiger partial charge in [0.1, 0.15) is 5.82 Å². The van der Waals surface area contributed by atoms with Gasteiger partial charge in [0.25, 0.3) is 0 Å². The Bertz CT molecular complexity index is 613. The molecule has 3 aliphatic carbocycles. The highest BCUT2D eigenvalue weighted by atomic mass is 19.1. The van der Waals surface area contributed by atoms with Crippen molar-refractivity contribution in [2.75, 3.05) is 0 Å². The highest BCUT2D eigenvalue weighted by Gasteiger charge is 2.39. The number of fused-ring (bicyclic) bond motifs is 1. The highest BCUT2D eigenvalue weighted by Crippen LogP contribution is 2.51. The molecule has 1 heteroatoms. The molecule has 0 saturated heterocycles. The molecule has 0 bridgehead atoms. The molecular formula is C26H39F. The van der Waals surface area contributed by atoms with Gasteiger partial charge in [0.2, 0.25) is 0 Å². The van der Waals surface area contributed by atoms with E-state index < -0.39 is 0 Å². The van der Waals surface area contributed by atoms with E-state index >= 15 is 0 Å². The van der Waals surface area contributed by atoms with Crippen molar-refractivity contribution in [2.45, 2.75) is 96.8 Å². The molecule has 0 amide bonds. The summed E-state index contributed by atoms with van der Waals surface area (Å²) in [6.07, 6.45) is 17.2. The van der Waals surface area contributed by atoms with Crippen LogP contribution < -0.4 is 0 Å². The molecule has 0 aliphatic heterocycles. The first-order valence-corrected chi connectivity index (χ1v) is 11.9. The lowest BCUT2D eigenvalue weighted by molar-refractivity contribution is 0.0711. The Hall–Kier alpha value is -0.850. The van der Waals surface area contributed by atoms with Crippen molar-refractivity contribution in [1.29, 1.82) is 0 Å². The number of hydrogen-bond acceptors (Lipinski definition) is 0. The second kappa shape index (κ2) is 8.66. The summed E-state index contributed by atoms with van der Waals surface area (Å²) in [7, 11) is 0. The van der Waals surface area contributed by atoms with Gasteiger partial charge >= 0.3 is 0 Å². The Morgan fingerprint density at radius 3 is 2.15 bits per heavy atom. The average molecular weight is 371 g/mol. The summed E-state index contributed by atoms with van der Waals surface area (Å²) < 4.78 is 14.0. The van der Waals surface area contributed by atoms with Crippen molar-refractivity contribution < 1.29 is 4.39 Å². The van der Waals surface area contributed by atoms with Crippen LogP contribution in [0.25, 0.3) is 0 Å². The van der Waals surface area contributed by atoms with Crippen LogP contribution in [0.2, 0.25) is 0 Å². The van der Waals surface area contributed by atoms with E-state index in [9.17, 15) is 4.39 Å². The summed E-state index contributed by atoms with van der Waals surface area (Å²) in [5.41, 5.74) is 2.04. The van der Waals surface area contributed by atoms with E-state index in [2.05, 4.69) is 13.0 Å². The van der Waals surface area contributed by atoms with Crippen LogP contribution in [-0.2, 0) is 0 Å². The number of aryl methyl sites for hydroxylation is 1. The van der Waals surface area contributed by atoms with Crippen molar-refractivity contribution in [1.82, 2.24) is 0 Å². The highest BCUT2D eigenvalue weighted by molar-refractivity contribution is 5.26. The summed E-state index contributed by atoms with van der Waals surface area (Å²) in [6, 6.07) is 5.98. The van der Waals surface area contributed by atoms with E-state index in [4.69, 9.17) is 0 Å². The summed E-state index contributed by atoms with van der Waals surface area (Å²) in [4.78, 5) is 0. The molecule has 0 radical (unpaired) electrons. The van der Waals surface area contributed by atoms with E-state index in [-0.39, 0.29) is 5.82 Å². The minimum atomic E-state index is -0.0167. The monoisotopic (exact) mass is 370 g/mol. The van der Waals surface area contributed by atoms with Gasteiger partial charge in [0, 0.05) is 0 Å². The third-order valence-corrected chi connectivity index (χ3v) is 8.58. The fourth-order valence-electron chi connectivity index (χ4n) is 6.88. The minimum Gasteiger partial charge on any atom is -0.207 e. The molecule has 150 valence electrons. The van der Waals surface area contributed by atoms with Crippen molar-refractivity contribution >= 4 is 0 Å². The summed E-state index contributed by atoms with van der Waals surface area (Å²) in [5.74, 6) is 5.53. The summed E-state index contributed by atoms with van der Waals surface area (Å²) in [6.45, 7) is 4.21. The molecule has 4 rings (SSSR count). The molecule has 3 saturated carbocycles. The van der Waals surface area contributed by atoms with E-state index in [0.717, 1.165) is 35.2 Å². The summed E-state index contributed by atoms with van der Waals surface area (Å²) in [5, 5.41) is 0. The fourth-order valence-corrected chi connectivity index (χ4v) is 6.88.